The van der Waals surface area contributed by atoms with Crippen molar-refractivity contribution in [2.24, 2.45) is 0 Å². The van der Waals surface area contributed by atoms with E-state index in [4.69, 9.17) is 0 Å². The highest BCUT2D eigenvalue weighted by Gasteiger charge is 2.37. The molecule has 0 unspecified atom stereocenters. The number of hydrogen-bond donors (Lipinski definition) is 3. The standard InChI is InChI=1S/C13H21N3O2/c17-12(14-8-5-6-8)7-11-13(18)16-10-4-2-1-3-9(10)15-11/h8-11,15H,1-7H2,(H,14,17)(H,16,18)/t9-,10-,11-/m1/s1. The Kier molecular flexibility index (Phi) is 3.24. The van der Waals surface area contributed by atoms with Gasteiger partial charge in [-0.15, -0.1) is 0 Å². The first-order chi connectivity index (χ1) is 8.72. The molecule has 0 aromatic heterocycles. The molecule has 0 spiro atoms. The first kappa shape index (κ1) is 12.0. The van der Waals surface area contributed by atoms with Gasteiger partial charge in [-0.1, -0.05) is 12.8 Å². The predicted molar refractivity (Wildman–Crippen MR) is 66.9 cm³/mol. The van der Waals surface area contributed by atoms with Crippen LogP contribution >= 0.6 is 0 Å². The SMILES string of the molecule is O=C(C[C@H]1N[C@@H]2CCCC[C@H]2NC1=O)NC1CC1. The lowest BCUT2D eigenvalue weighted by atomic mass is 9.87. The second kappa shape index (κ2) is 4.88. The van der Waals surface area contributed by atoms with Crippen LogP contribution in [-0.2, 0) is 9.59 Å². The van der Waals surface area contributed by atoms with Crippen molar-refractivity contribution in [3.05, 3.63) is 0 Å². The Bertz CT molecular complexity index is 354. The van der Waals surface area contributed by atoms with E-state index in [0.717, 1.165) is 25.7 Å². The Morgan fingerprint density at radius 1 is 1.17 bits per heavy atom. The molecule has 3 rings (SSSR count). The smallest absolute Gasteiger partial charge is 0.237 e. The second-order valence-electron chi connectivity index (χ2n) is 5.77. The van der Waals surface area contributed by atoms with E-state index in [0.29, 0.717) is 12.1 Å². The average molecular weight is 251 g/mol. The van der Waals surface area contributed by atoms with Crippen LogP contribution in [-0.4, -0.2) is 36.0 Å². The fourth-order valence-electron chi connectivity index (χ4n) is 2.97. The van der Waals surface area contributed by atoms with Gasteiger partial charge >= 0.3 is 0 Å². The molecule has 0 aromatic rings. The molecule has 2 amide bonds. The number of piperazine rings is 1. The maximum atomic E-state index is 11.9. The predicted octanol–water partition coefficient (Wildman–Crippen LogP) is 0.0543. The van der Waals surface area contributed by atoms with Crippen LogP contribution < -0.4 is 16.0 Å². The Labute approximate surface area is 107 Å². The molecule has 3 fully saturated rings. The summed E-state index contributed by atoms with van der Waals surface area (Å²) in [6.45, 7) is 0. The molecule has 1 heterocycles. The Balaban J connectivity index is 1.54. The number of rotatable bonds is 3. The van der Waals surface area contributed by atoms with E-state index in [1.165, 1.54) is 12.8 Å². The minimum atomic E-state index is -0.344. The zero-order valence-corrected chi connectivity index (χ0v) is 10.6. The van der Waals surface area contributed by atoms with Crippen molar-refractivity contribution in [3.8, 4) is 0 Å². The summed E-state index contributed by atoms with van der Waals surface area (Å²) in [6, 6.07) is 0.652. The van der Waals surface area contributed by atoms with Crippen LogP contribution in [0, 0.1) is 0 Å². The van der Waals surface area contributed by atoms with E-state index in [1.54, 1.807) is 0 Å². The summed E-state index contributed by atoms with van der Waals surface area (Å²) in [6.07, 6.45) is 7.00. The maximum Gasteiger partial charge on any atom is 0.237 e. The molecular formula is C13H21N3O2. The lowest BCUT2D eigenvalue weighted by molar-refractivity contribution is -0.131. The number of nitrogens with one attached hydrogen (secondary N) is 3. The van der Waals surface area contributed by atoms with Gasteiger partial charge in [-0.3, -0.25) is 9.59 Å². The third kappa shape index (κ3) is 2.66. The van der Waals surface area contributed by atoms with Gasteiger partial charge in [-0.2, -0.15) is 0 Å². The van der Waals surface area contributed by atoms with Gasteiger partial charge < -0.3 is 16.0 Å². The molecule has 2 aliphatic carbocycles. The Morgan fingerprint density at radius 3 is 2.61 bits per heavy atom. The first-order valence-corrected chi connectivity index (χ1v) is 7.08. The molecule has 1 aliphatic heterocycles. The molecule has 3 N–H and O–H groups in total. The molecule has 0 radical (unpaired) electrons. The minimum absolute atomic E-state index is 0.000547. The van der Waals surface area contributed by atoms with E-state index in [2.05, 4.69) is 16.0 Å². The van der Waals surface area contributed by atoms with Gasteiger partial charge in [-0.25, -0.2) is 0 Å². The number of fused-ring (bicyclic) bond motifs is 1. The molecule has 100 valence electrons. The summed E-state index contributed by atoms with van der Waals surface area (Å²) in [5.74, 6) is -0.0106. The summed E-state index contributed by atoms with van der Waals surface area (Å²) in [5, 5.41) is 9.35. The molecule has 3 aliphatic rings. The summed E-state index contributed by atoms with van der Waals surface area (Å²) in [4.78, 5) is 23.7. The zero-order chi connectivity index (χ0) is 12.5. The van der Waals surface area contributed by atoms with Crippen LogP contribution in [0.25, 0.3) is 0 Å². The lowest BCUT2D eigenvalue weighted by Gasteiger charge is -2.40. The zero-order valence-electron chi connectivity index (χ0n) is 10.6. The average Bonchev–Trinajstić information content (AvgIpc) is 3.14. The van der Waals surface area contributed by atoms with Crippen molar-refractivity contribution in [3.63, 3.8) is 0 Å². The van der Waals surface area contributed by atoms with Crippen LogP contribution in [0.1, 0.15) is 44.9 Å². The summed E-state index contributed by atoms with van der Waals surface area (Å²) in [5.41, 5.74) is 0. The van der Waals surface area contributed by atoms with Gasteiger partial charge in [-0.05, 0) is 25.7 Å². The van der Waals surface area contributed by atoms with Gasteiger partial charge in [0.05, 0.1) is 12.5 Å². The van der Waals surface area contributed by atoms with E-state index < -0.39 is 0 Å². The molecule has 2 saturated carbocycles. The minimum Gasteiger partial charge on any atom is -0.353 e. The van der Waals surface area contributed by atoms with Crippen molar-refractivity contribution >= 4 is 11.8 Å². The van der Waals surface area contributed by atoms with Crippen molar-refractivity contribution in [2.75, 3.05) is 0 Å². The molecule has 5 nitrogen and oxygen atoms in total. The van der Waals surface area contributed by atoms with Crippen LogP contribution in [0.15, 0.2) is 0 Å². The number of hydrogen-bond acceptors (Lipinski definition) is 3. The van der Waals surface area contributed by atoms with Crippen LogP contribution in [0.4, 0.5) is 0 Å². The second-order valence-corrected chi connectivity index (χ2v) is 5.77. The third-order valence-corrected chi connectivity index (χ3v) is 4.16. The molecule has 0 aromatic carbocycles. The third-order valence-electron chi connectivity index (χ3n) is 4.16. The summed E-state index contributed by atoms with van der Waals surface area (Å²) in [7, 11) is 0. The molecule has 5 heteroatoms. The maximum absolute atomic E-state index is 11.9. The number of carbonyl (C=O) groups is 2. The van der Waals surface area contributed by atoms with Crippen molar-refractivity contribution < 1.29 is 9.59 Å². The molecule has 18 heavy (non-hydrogen) atoms. The van der Waals surface area contributed by atoms with Gasteiger partial charge in [0.15, 0.2) is 0 Å². The van der Waals surface area contributed by atoms with E-state index in [-0.39, 0.29) is 30.3 Å². The molecule has 1 saturated heterocycles. The number of amides is 2. The fraction of sp³-hybridized carbons (Fsp3) is 0.846. The van der Waals surface area contributed by atoms with Gasteiger partial charge in [0.1, 0.15) is 0 Å². The van der Waals surface area contributed by atoms with Crippen molar-refractivity contribution in [2.45, 2.75) is 69.1 Å². The molecular weight excluding hydrogens is 230 g/mol. The summed E-state index contributed by atoms with van der Waals surface area (Å²) >= 11 is 0. The largest absolute Gasteiger partial charge is 0.353 e. The van der Waals surface area contributed by atoms with Crippen LogP contribution in [0.3, 0.4) is 0 Å². The summed E-state index contributed by atoms with van der Waals surface area (Å²) < 4.78 is 0. The van der Waals surface area contributed by atoms with Gasteiger partial charge in [0, 0.05) is 18.1 Å². The van der Waals surface area contributed by atoms with E-state index in [1.807, 2.05) is 0 Å². The van der Waals surface area contributed by atoms with E-state index >= 15 is 0 Å². The van der Waals surface area contributed by atoms with Gasteiger partial charge in [0.25, 0.3) is 0 Å². The Morgan fingerprint density at radius 2 is 1.89 bits per heavy atom. The normalized spacial score (nSPS) is 35.6. The van der Waals surface area contributed by atoms with Gasteiger partial charge in [0.2, 0.25) is 11.8 Å². The highest BCUT2D eigenvalue weighted by molar-refractivity contribution is 5.89. The fourth-order valence-corrected chi connectivity index (χ4v) is 2.97. The molecule has 0 bridgehead atoms. The number of carbonyl (C=O) groups excluding carboxylic acids is 2. The lowest BCUT2D eigenvalue weighted by Crippen LogP contribution is -2.65. The highest BCUT2D eigenvalue weighted by atomic mass is 16.2. The van der Waals surface area contributed by atoms with E-state index in [9.17, 15) is 9.59 Å². The quantitative estimate of drug-likeness (QED) is 0.664. The monoisotopic (exact) mass is 251 g/mol. The Hall–Kier alpha value is -1.10. The topological polar surface area (TPSA) is 70.2 Å². The van der Waals surface area contributed by atoms with Crippen molar-refractivity contribution in [1.82, 2.24) is 16.0 Å². The van der Waals surface area contributed by atoms with Crippen LogP contribution in [0.2, 0.25) is 0 Å². The molecule has 3 atom stereocenters. The van der Waals surface area contributed by atoms with Crippen molar-refractivity contribution in [1.29, 1.82) is 0 Å². The van der Waals surface area contributed by atoms with Crippen LogP contribution in [0.5, 0.6) is 0 Å². The highest BCUT2D eigenvalue weighted by Crippen LogP contribution is 2.23. The first-order valence-electron chi connectivity index (χ1n) is 7.08.